The number of aliphatic hydroxyl groups is 1. The second-order valence-electron chi connectivity index (χ2n) is 5.38. The van der Waals surface area contributed by atoms with Crippen LogP contribution in [0, 0.1) is 11.6 Å². The van der Waals surface area contributed by atoms with E-state index in [0.717, 1.165) is 6.07 Å². The fourth-order valence-electron chi connectivity index (χ4n) is 2.41. The van der Waals surface area contributed by atoms with Gasteiger partial charge in [0.25, 0.3) is 0 Å². The fraction of sp³-hybridized carbons (Fsp3) is 0.538. The lowest BCUT2D eigenvalue weighted by molar-refractivity contribution is -0.101. The average Bonchev–Trinajstić information content (AvgIpc) is 2.31. The first-order valence-electron chi connectivity index (χ1n) is 6.10. The number of benzene rings is 1. The molecule has 1 saturated heterocycles. The summed E-state index contributed by atoms with van der Waals surface area (Å²) in [5, 5.41) is 9.24. The number of ether oxygens (including phenoxy) is 1. The second-order valence-corrected chi connectivity index (χ2v) is 5.38. The molecule has 0 aliphatic carbocycles. The van der Waals surface area contributed by atoms with Gasteiger partial charge in [0, 0.05) is 19.2 Å². The van der Waals surface area contributed by atoms with Crippen molar-refractivity contribution in [2.24, 2.45) is 0 Å². The van der Waals surface area contributed by atoms with Crippen LogP contribution >= 0.6 is 0 Å². The van der Waals surface area contributed by atoms with Crippen molar-refractivity contribution >= 4 is 11.4 Å². The van der Waals surface area contributed by atoms with Crippen molar-refractivity contribution < 1.29 is 18.6 Å². The van der Waals surface area contributed by atoms with Crippen LogP contribution in [0.5, 0.6) is 0 Å². The molecule has 0 amide bonds. The molecule has 0 spiro atoms. The number of nitrogens with zero attached hydrogens (tertiary/aromatic N) is 1. The van der Waals surface area contributed by atoms with Crippen molar-refractivity contribution in [2.75, 3.05) is 30.3 Å². The van der Waals surface area contributed by atoms with Crippen LogP contribution in [0.1, 0.15) is 13.8 Å². The topological polar surface area (TPSA) is 58.7 Å². The number of halogens is 2. The lowest BCUT2D eigenvalue weighted by atomic mass is 10.0. The van der Waals surface area contributed by atoms with Gasteiger partial charge in [-0.05, 0) is 19.9 Å². The van der Waals surface area contributed by atoms with E-state index in [2.05, 4.69) is 0 Å². The summed E-state index contributed by atoms with van der Waals surface area (Å²) in [6.07, 6.45) is -0.408. The van der Waals surface area contributed by atoms with E-state index in [1.165, 1.54) is 6.07 Å². The molecule has 1 unspecified atom stereocenters. The Morgan fingerprint density at radius 1 is 1.47 bits per heavy atom. The molecular weight excluding hydrogens is 254 g/mol. The highest BCUT2D eigenvalue weighted by molar-refractivity contribution is 5.68. The summed E-state index contributed by atoms with van der Waals surface area (Å²) >= 11 is 0. The van der Waals surface area contributed by atoms with Crippen LogP contribution in [0.15, 0.2) is 12.1 Å². The summed E-state index contributed by atoms with van der Waals surface area (Å²) in [6.45, 7) is 4.34. The Labute approximate surface area is 110 Å². The number of hydrogen-bond acceptors (Lipinski definition) is 4. The van der Waals surface area contributed by atoms with Crippen LogP contribution in [0.3, 0.4) is 0 Å². The normalized spacial score (nSPS) is 22.6. The molecule has 3 N–H and O–H groups in total. The lowest BCUT2D eigenvalue weighted by Crippen LogP contribution is -2.54. The van der Waals surface area contributed by atoms with Crippen LogP contribution in [0.2, 0.25) is 0 Å². The van der Waals surface area contributed by atoms with Crippen LogP contribution in [-0.2, 0) is 4.74 Å². The third kappa shape index (κ3) is 2.96. The second kappa shape index (κ2) is 4.94. The molecule has 19 heavy (non-hydrogen) atoms. The van der Waals surface area contributed by atoms with Crippen LogP contribution in [0.25, 0.3) is 0 Å². The van der Waals surface area contributed by atoms with Gasteiger partial charge >= 0.3 is 0 Å². The first kappa shape index (κ1) is 14.0. The van der Waals surface area contributed by atoms with Crippen molar-refractivity contribution in [2.45, 2.75) is 25.6 Å². The Hall–Kier alpha value is -1.40. The van der Waals surface area contributed by atoms with E-state index in [0.29, 0.717) is 18.8 Å². The van der Waals surface area contributed by atoms with E-state index >= 15 is 0 Å². The predicted octanol–water partition coefficient (Wildman–Crippen LogP) is 1.52. The summed E-state index contributed by atoms with van der Waals surface area (Å²) < 4.78 is 32.5. The highest BCUT2D eigenvalue weighted by Crippen LogP contribution is 2.32. The molecule has 1 heterocycles. The Morgan fingerprint density at radius 3 is 2.79 bits per heavy atom. The van der Waals surface area contributed by atoms with Gasteiger partial charge < -0.3 is 20.5 Å². The number of hydrogen-bond donors (Lipinski definition) is 2. The van der Waals surface area contributed by atoms with Crippen molar-refractivity contribution in [3.8, 4) is 0 Å². The quantitative estimate of drug-likeness (QED) is 0.801. The summed E-state index contributed by atoms with van der Waals surface area (Å²) in [5.41, 5.74) is 5.36. The molecule has 6 heteroatoms. The summed E-state index contributed by atoms with van der Waals surface area (Å²) in [4.78, 5) is 1.74. The van der Waals surface area contributed by atoms with Gasteiger partial charge in [-0.15, -0.1) is 0 Å². The van der Waals surface area contributed by atoms with Gasteiger partial charge in [-0.2, -0.15) is 0 Å². The van der Waals surface area contributed by atoms with E-state index < -0.39 is 23.3 Å². The molecule has 1 fully saturated rings. The van der Waals surface area contributed by atoms with E-state index in [9.17, 15) is 13.9 Å². The average molecular weight is 272 g/mol. The van der Waals surface area contributed by atoms with E-state index in [1.807, 2.05) is 13.8 Å². The molecule has 0 saturated carbocycles. The van der Waals surface area contributed by atoms with E-state index in [-0.39, 0.29) is 12.3 Å². The largest absolute Gasteiger partial charge is 0.395 e. The number of nitrogens with two attached hydrogens (primary N) is 1. The van der Waals surface area contributed by atoms with Gasteiger partial charge in [-0.1, -0.05) is 0 Å². The van der Waals surface area contributed by atoms with E-state index in [4.69, 9.17) is 10.5 Å². The van der Waals surface area contributed by atoms with Crippen molar-refractivity contribution in [3.63, 3.8) is 0 Å². The number of rotatable bonds is 2. The summed E-state index contributed by atoms with van der Waals surface area (Å²) in [6, 6.07) is 1.96. The zero-order chi connectivity index (χ0) is 14.2. The smallest absolute Gasteiger partial charge is 0.151 e. The molecule has 0 bridgehead atoms. The molecule has 2 rings (SSSR count). The SMILES string of the molecule is CC1(C)CN(c2cc(F)cc(F)c2N)CC(CO)O1. The zero-order valence-corrected chi connectivity index (χ0v) is 11.0. The fourth-order valence-corrected chi connectivity index (χ4v) is 2.41. The Morgan fingerprint density at radius 2 is 2.16 bits per heavy atom. The molecule has 1 aliphatic rings. The third-order valence-electron chi connectivity index (χ3n) is 3.10. The third-order valence-corrected chi connectivity index (χ3v) is 3.10. The molecule has 0 radical (unpaired) electrons. The van der Waals surface area contributed by atoms with Gasteiger partial charge in [0.2, 0.25) is 0 Å². The maximum absolute atomic E-state index is 13.5. The van der Waals surface area contributed by atoms with Crippen LogP contribution in [0.4, 0.5) is 20.2 Å². The number of aliphatic hydroxyl groups excluding tert-OH is 1. The minimum atomic E-state index is -0.778. The predicted molar refractivity (Wildman–Crippen MR) is 69.0 cm³/mol. The number of morpholine rings is 1. The summed E-state index contributed by atoms with van der Waals surface area (Å²) in [7, 11) is 0. The minimum Gasteiger partial charge on any atom is -0.395 e. The first-order valence-corrected chi connectivity index (χ1v) is 6.10. The first-order chi connectivity index (χ1) is 8.82. The molecular formula is C13H18F2N2O2. The Balaban J connectivity index is 2.35. The molecule has 1 atom stereocenters. The standard InChI is InChI=1S/C13H18F2N2O2/c1-13(2)7-17(5-9(6-18)19-13)11-4-8(14)3-10(15)12(11)16/h3-4,9,18H,5-7,16H2,1-2H3. The molecule has 0 aromatic heterocycles. The highest BCUT2D eigenvalue weighted by atomic mass is 19.1. The van der Waals surface area contributed by atoms with Gasteiger partial charge in [0.1, 0.15) is 5.82 Å². The molecule has 1 aromatic carbocycles. The molecule has 4 nitrogen and oxygen atoms in total. The Kier molecular flexibility index (Phi) is 3.64. The van der Waals surface area contributed by atoms with Gasteiger partial charge in [-0.25, -0.2) is 8.78 Å². The minimum absolute atomic E-state index is 0.0872. The number of anilines is 2. The molecule has 106 valence electrons. The van der Waals surface area contributed by atoms with E-state index in [1.54, 1.807) is 4.90 Å². The Bertz CT molecular complexity index is 480. The monoisotopic (exact) mass is 272 g/mol. The number of nitrogen functional groups attached to an aromatic ring is 1. The van der Waals surface area contributed by atoms with Crippen LogP contribution in [-0.4, -0.2) is 36.5 Å². The summed E-state index contributed by atoms with van der Waals surface area (Å²) in [5.74, 6) is -1.45. The van der Waals surface area contributed by atoms with Gasteiger partial charge in [0.05, 0.1) is 29.7 Å². The van der Waals surface area contributed by atoms with Gasteiger partial charge in [0.15, 0.2) is 5.82 Å². The lowest BCUT2D eigenvalue weighted by Gasteiger charge is -2.43. The van der Waals surface area contributed by atoms with Crippen molar-refractivity contribution in [1.82, 2.24) is 0 Å². The highest BCUT2D eigenvalue weighted by Gasteiger charge is 2.34. The van der Waals surface area contributed by atoms with Crippen molar-refractivity contribution in [3.05, 3.63) is 23.8 Å². The van der Waals surface area contributed by atoms with Crippen LogP contribution < -0.4 is 10.6 Å². The maximum atomic E-state index is 13.5. The van der Waals surface area contributed by atoms with Crippen molar-refractivity contribution in [1.29, 1.82) is 0 Å². The molecule has 1 aromatic rings. The molecule has 1 aliphatic heterocycles. The zero-order valence-electron chi connectivity index (χ0n) is 11.0. The van der Waals surface area contributed by atoms with Gasteiger partial charge in [-0.3, -0.25) is 0 Å². The maximum Gasteiger partial charge on any atom is 0.151 e.